The van der Waals surface area contributed by atoms with Crippen LogP contribution in [0.25, 0.3) is 0 Å². The summed E-state index contributed by atoms with van der Waals surface area (Å²) in [5, 5.41) is 0.501. The largest absolute Gasteiger partial charge is 0.383 e. The van der Waals surface area contributed by atoms with Crippen molar-refractivity contribution >= 4 is 40.9 Å². The van der Waals surface area contributed by atoms with Gasteiger partial charge in [0.25, 0.3) is 11.8 Å². The molecule has 0 bridgehead atoms. The minimum atomic E-state index is -1.02. The Balaban J connectivity index is 1.78. The number of carbonyl (C=O) groups excluding carboxylic acids is 2. The van der Waals surface area contributed by atoms with Crippen molar-refractivity contribution in [3.05, 3.63) is 64.7 Å². The minimum absolute atomic E-state index is 0.0846. The van der Waals surface area contributed by atoms with E-state index in [0.717, 1.165) is 11.3 Å². The maximum Gasteiger partial charge on any atom is 0.268 e. The lowest BCUT2D eigenvalue weighted by Crippen LogP contribution is -2.50. The first-order valence-corrected chi connectivity index (χ1v) is 10.1. The van der Waals surface area contributed by atoms with Crippen molar-refractivity contribution < 1.29 is 14.3 Å². The SMILES string of the molecule is COCCN1C(=O)C2(SCCN2C(=O)c2cccc(Cl)c2)c2ccccc21. The van der Waals surface area contributed by atoms with Crippen LogP contribution in [0.1, 0.15) is 15.9 Å². The fourth-order valence-electron chi connectivity index (χ4n) is 3.75. The number of para-hydroxylation sites is 1. The third-order valence-electron chi connectivity index (χ3n) is 4.94. The van der Waals surface area contributed by atoms with Crippen molar-refractivity contribution in [2.75, 3.05) is 37.5 Å². The van der Waals surface area contributed by atoms with Gasteiger partial charge in [0, 0.05) is 42.1 Å². The van der Waals surface area contributed by atoms with E-state index in [9.17, 15) is 9.59 Å². The molecule has 2 aliphatic rings. The highest BCUT2D eigenvalue weighted by Crippen LogP contribution is 2.54. The van der Waals surface area contributed by atoms with Crippen LogP contribution >= 0.6 is 23.4 Å². The van der Waals surface area contributed by atoms with Crippen LogP contribution < -0.4 is 4.90 Å². The Morgan fingerprint density at radius 2 is 2.07 bits per heavy atom. The number of carbonyl (C=O) groups is 2. The summed E-state index contributed by atoms with van der Waals surface area (Å²) in [4.78, 5) is 29.2. The van der Waals surface area contributed by atoms with Gasteiger partial charge in [0.2, 0.25) is 0 Å². The maximum absolute atomic E-state index is 13.5. The summed E-state index contributed by atoms with van der Waals surface area (Å²) < 4.78 is 5.18. The molecule has 1 saturated heterocycles. The lowest BCUT2D eigenvalue weighted by molar-refractivity contribution is -0.123. The molecule has 0 N–H and O–H groups in total. The van der Waals surface area contributed by atoms with Crippen molar-refractivity contribution in [1.82, 2.24) is 4.90 Å². The van der Waals surface area contributed by atoms with Crippen LogP contribution in [0.2, 0.25) is 5.02 Å². The Hall–Kier alpha value is -2.02. The van der Waals surface area contributed by atoms with E-state index in [0.29, 0.717) is 36.0 Å². The zero-order valence-corrected chi connectivity index (χ0v) is 16.4. The molecule has 2 amide bonds. The van der Waals surface area contributed by atoms with Crippen LogP contribution in [0.5, 0.6) is 0 Å². The first-order chi connectivity index (χ1) is 13.1. The van der Waals surface area contributed by atoms with Gasteiger partial charge in [0.15, 0.2) is 4.87 Å². The third kappa shape index (κ3) is 2.83. The summed E-state index contributed by atoms with van der Waals surface area (Å²) in [6, 6.07) is 14.6. The lowest BCUT2D eigenvalue weighted by Gasteiger charge is -2.33. The highest BCUT2D eigenvalue weighted by atomic mass is 35.5. The number of methoxy groups -OCH3 is 1. The number of fused-ring (bicyclic) bond motifs is 2. The zero-order chi connectivity index (χ0) is 19.0. The van der Waals surface area contributed by atoms with Gasteiger partial charge in [0.05, 0.1) is 12.3 Å². The molecule has 1 atom stereocenters. The van der Waals surface area contributed by atoms with Gasteiger partial charge in [-0.2, -0.15) is 0 Å². The molecule has 0 saturated carbocycles. The molecule has 1 spiro atoms. The maximum atomic E-state index is 13.5. The number of amides is 2. The summed E-state index contributed by atoms with van der Waals surface area (Å²) >= 11 is 7.59. The molecule has 1 unspecified atom stereocenters. The summed E-state index contributed by atoms with van der Waals surface area (Å²) in [6.45, 7) is 1.39. The molecule has 27 heavy (non-hydrogen) atoms. The molecule has 2 aromatic carbocycles. The van der Waals surface area contributed by atoms with Gasteiger partial charge in [-0.15, -0.1) is 11.8 Å². The van der Waals surface area contributed by atoms with Gasteiger partial charge in [-0.25, -0.2) is 0 Å². The number of rotatable bonds is 4. The lowest BCUT2D eigenvalue weighted by atomic mass is 10.0. The fourth-order valence-corrected chi connectivity index (χ4v) is 5.40. The molecule has 140 valence electrons. The molecule has 0 aliphatic carbocycles. The monoisotopic (exact) mass is 402 g/mol. The average molecular weight is 403 g/mol. The number of anilines is 1. The van der Waals surface area contributed by atoms with E-state index in [1.54, 1.807) is 41.2 Å². The molecule has 1 fully saturated rings. The molecular formula is C20H19ClN2O3S. The second-order valence-corrected chi connectivity index (χ2v) is 8.15. The van der Waals surface area contributed by atoms with E-state index in [-0.39, 0.29) is 11.8 Å². The first-order valence-electron chi connectivity index (χ1n) is 8.71. The van der Waals surface area contributed by atoms with E-state index >= 15 is 0 Å². The first kappa shape index (κ1) is 18.3. The number of ether oxygens (including phenoxy) is 1. The quantitative estimate of drug-likeness (QED) is 0.786. The molecule has 5 nitrogen and oxygen atoms in total. The molecule has 4 rings (SSSR count). The van der Waals surface area contributed by atoms with Crippen molar-refractivity contribution in [1.29, 1.82) is 0 Å². The molecule has 7 heteroatoms. The standard InChI is InChI=1S/C20H19ClN2O3S/c1-26-11-9-22-17-8-3-2-7-16(17)20(19(22)25)23(10-12-27-20)18(24)14-5-4-6-15(21)13-14/h2-8,13H,9-12H2,1H3. The Bertz CT molecular complexity index is 906. The van der Waals surface area contributed by atoms with Gasteiger partial charge in [-0.05, 0) is 24.3 Å². The Labute approximate surface area is 167 Å². The van der Waals surface area contributed by atoms with E-state index in [1.165, 1.54) is 11.8 Å². The fraction of sp³-hybridized carbons (Fsp3) is 0.300. The molecule has 2 aromatic rings. The van der Waals surface area contributed by atoms with Gasteiger partial charge in [0.1, 0.15) is 0 Å². The van der Waals surface area contributed by atoms with E-state index in [2.05, 4.69) is 0 Å². The minimum Gasteiger partial charge on any atom is -0.383 e. The van der Waals surface area contributed by atoms with Crippen molar-refractivity contribution in [2.45, 2.75) is 4.87 Å². The molecular weight excluding hydrogens is 384 g/mol. The average Bonchev–Trinajstić information content (AvgIpc) is 3.22. The van der Waals surface area contributed by atoms with Crippen molar-refractivity contribution in [3.63, 3.8) is 0 Å². The summed E-state index contributed by atoms with van der Waals surface area (Å²) in [6.07, 6.45) is 0. The summed E-state index contributed by atoms with van der Waals surface area (Å²) in [7, 11) is 1.61. The summed E-state index contributed by atoms with van der Waals surface area (Å²) in [5.74, 6) is 0.433. The highest BCUT2D eigenvalue weighted by Gasteiger charge is 2.59. The number of hydrogen-bond acceptors (Lipinski definition) is 4. The van der Waals surface area contributed by atoms with Crippen LogP contribution in [0.3, 0.4) is 0 Å². The Morgan fingerprint density at radius 3 is 2.85 bits per heavy atom. The van der Waals surface area contributed by atoms with Crippen LogP contribution in [0.4, 0.5) is 5.69 Å². The van der Waals surface area contributed by atoms with Crippen molar-refractivity contribution in [3.8, 4) is 0 Å². The number of benzene rings is 2. The topological polar surface area (TPSA) is 49.9 Å². The van der Waals surface area contributed by atoms with E-state index in [4.69, 9.17) is 16.3 Å². The molecule has 0 aromatic heterocycles. The molecule has 2 aliphatic heterocycles. The van der Waals surface area contributed by atoms with Crippen LogP contribution in [-0.4, -0.2) is 49.3 Å². The van der Waals surface area contributed by atoms with Crippen molar-refractivity contribution in [2.24, 2.45) is 0 Å². The predicted octanol–water partition coefficient (Wildman–Crippen LogP) is 3.38. The Morgan fingerprint density at radius 1 is 1.26 bits per heavy atom. The number of nitrogens with zero attached hydrogens (tertiary/aromatic N) is 2. The van der Waals surface area contributed by atoms with Crippen LogP contribution in [0, 0.1) is 0 Å². The van der Waals surface area contributed by atoms with Gasteiger partial charge < -0.3 is 14.5 Å². The summed E-state index contributed by atoms with van der Waals surface area (Å²) in [5.41, 5.74) is 2.20. The van der Waals surface area contributed by atoms with Gasteiger partial charge in [-0.1, -0.05) is 35.9 Å². The second-order valence-electron chi connectivity index (χ2n) is 6.43. The second kappa shape index (κ2) is 7.19. The number of thioether (sulfide) groups is 1. The zero-order valence-electron chi connectivity index (χ0n) is 14.9. The highest BCUT2D eigenvalue weighted by molar-refractivity contribution is 8.01. The van der Waals surface area contributed by atoms with Crippen LogP contribution in [-0.2, 0) is 14.4 Å². The van der Waals surface area contributed by atoms with E-state index < -0.39 is 4.87 Å². The van der Waals surface area contributed by atoms with Gasteiger partial charge >= 0.3 is 0 Å². The number of halogens is 1. The molecule has 2 heterocycles. The smallest absolute Gasteiger partial charge is 0.268 e. The Kier molecular flexibility index (Phi) is 4.88. The third-order valence-corrected chi connectivity index (χ3v) is 6.59. The normalized spacial score (nSPS) is 21.2. The molecule has 0 radical (unpaired) electrons. The van der Waals surface area contributed by atoms with Crippen LogP contribution in [0.15, 0.2) is 48.5 Å². The number of hydrogen-bond donors (Lipinski definition) is 0. The van der Waals surface area contributed by atoms with Gasteiger partial charge in [-0.3, -0.25) is 9.59 Å². The predicted molar refractivity (Wildman–Crippen MR) is 107 cm³/mol. The van der Waals surface area contributed by atoms with E-state index in [1.807, 2.05) is 24.3 Å².